The van der Waals surface area contributed by atoms with E-state index in [0.717, 1.165) is 42.5 Å². The normalized spacial score (nSPS) is 23.7. The molecule has 1 saturated carbocycles. The molecule has 1 aliphatic heterocycles. The van der Waals surface area contributed by atoms with Gasteiger partial charge in [-0.15, -0.1) is 5.10 Å². The van der Waals surface area contributed by atoms with Crippen molar-refractivity contribution in [2.45, 2.75) is 77.0 Å². The molecule has 1 atom stereocenters. The predicted octanol–water partition coefficient (Wildman–Crippen LogP) is 3.84. The van der Waals surface area contributed by atoms with E-state index in [-0.39, 0.29) is 11.6 Å². The Balaban J connectivity index is 1.78. The monoisotopic (exact) mass is 384 g/mol. The Labute approximate surface area is 145 Å². The minimum atomic E-state index is -0.452. The maximum Gasteiger partial charge on any atom is 0.410 e. The van der Waals surface area contributed by atoms with Crippen LogP contribution in [0.2, 0.25) is 0 Å². The number of aromatic nitrogens is 3. The van der Waals surface area contributed by atoms with E-state index in [2.05, 4.69) is 26.2 Å². The molecule has 7 heteroatoms. The molecule has 0 bridgehead atoms. The van der Waals surface area contributed by atoms with Crippen LogP contribution in [-0.2, 0) is 4.74 Å². The van der Waals surface area contributed by atoms with E-state index in [1.54, 1.807) is 0 Å². The van der Waals surface area contributed by atoms with Crippen LogP contribution in [0, 0.1) is 6.92 Å². The third-order valence-corrected chi connectivity index (χ3v) is 5.72. The molecule has 2 fully saturated rings. The zero-order chi connectivity index (χ0) is 16.8. The number of nitrogens with zero attached hydrogens (tertiary/aromatic N) is 4. The number of carbonyl (C=O) groups excluding carboxylic acids is 1. The van der Waals surface area contributed by atoms with Crippen molar-refractivity contribution in [3.05, 3.63) is 10.3 Å². The van der Waals surface area contributed by atoms with Crippen molar-refractivity contribution in [3.8, 4) is 0 Å². The van der Waals surface area contributed by atoms with Crippen molar-refractivity contribution >= 4 is 22.0 Å². The summed E-state index contributed by atoms with van der Waals surface area (Å²) in [7, 11) is 0. The summed E-state index contributed by atoms with van der Waals surface area (Å²) < 4.78 is 8.43. The van der Waals surface area contributed by atoms with Gasteiger partial charge in [-0.25, -0.2) is 9.48 Å². The van der Waals surface area contributed by atoms with Crippen molar-refractivity contribution < 1.29 is 9.53 Å². The SMILES string of the molecule is Cc1c(Br)nnn1C1CCN(C(=O)OC(C)(C)C)C2(CCC2)C1. The third kappa shape index (κ3) is 3.12. The van der Waals surface area contributed by atoms with E-state index in [0.29, 0.717) is 6.04 Å². The van der Waals surface area contributed by atoms with Gasteiger partial charge in [0.2, 0.25) is 0 Å². The lowest BCUT2D eigenvalue weighted by Crippen LogP contribution is -2.61. The first kappa shape index (κ1) is 16.7. The summed E-state index contributed by atoms with van der Waals surface area (Å²) in [5.74, 6) is 0. The average Bonchev–Trinajstić information content (AvgIpc) is 2.74. The number of carbonyl (C=O) groups is 1. The van der Waals surface area contributed by atoms with Crippen molar-refractivity contribution in [1.29, 1.82) is 0 Å². The van der Waals surface area contributed by atoms with Crippen LogP contribution in [0.15, 0.2) is 4.60 Å². The van der Waals surface area contributed by atoms with Gasteiger partial charge in [0.1, 0.15) is 5.60 Å². The van der Waals surface area contributed by atoms with Gasteiger partial charge in [0.05, 0.1) is 11.7 Å². The largest absolute Gasteiger partial charge is 0.444 e. The molecule has 1 aliphatic carbocycles. The molecule has 1 unspecified atom stereocenters. The van der Waals surface area contributed by atoms with Crippen LogP contribution >= 0.6 is 15.9 Å². The molecular formula is C16H25BrN4O2. The predicted molar refractivity (Wildman–Crippen MR) is 90.3 cm³/mol. The lowest BCUT2D eigenvalue weighted by molar-refractivity contribution is -0.0544. The summed E-state index contributed by atoms with van der Waals surface area (Å²) in [5.41, 5.74) is 0.540. The molecule has 3 rings (SSSR count). The van der Waals surface area contributed by atoms with Crippen molar-refractivity contribution in [2.75, 3.05) is 6.54 Å². The van der Waals surface area contributed by atoms with Crippen LogP contribution in [0.5, 0.6) is 0 Å². The molecule has 6 nitrogen and oxygen atoms in total. The highest BCUT2D eigenvalue weighted by molar-refractivity contribution is 9.10. The first-order chi connectivity index (χ1) is 10.7. The van der Waals surface area contributed by atoms with Gasteiger partial charge < -0.3 is 9.64 Å². The standard InChI is InChI=1S/C16H25BrN4O2/c1-11-13(17)18-19-21(11)12-6-9-20(14(22)23-15(2,3)4)16(10-12)7-5-8-16/h12H,5-10H2,1-4H3. The Morgan fingerprint density at radius 3 is 2.57 bits per heavy atom. The Morgan fingerprint density at radius 2 is 2.09 bits per heavy atom. The number of rotatable bonds is 1. The summed E-state index contributed by atoms with van der Waals surface area (Å²) in [5, 5.41) is 8.39. The zero-order valence-corrected chi connectivity index (χ0v) is 15.9. The van der Waals surface area contributed by atoms with Gasteiger partial charge in [-0.3, -0.25) is 0 Å². The number of hydrogen-bond donors (Lipinski definition) is 0. The number of piperidine rings is 1. The van der Waals surface area contributed by atoms with Gasteiger partial charge in [-0.2, -0.15) is 0 Å². The van der Waals surface area contributed by atoms with Crippen LogP contribution in [0.25, 0.3) is 0 Å². The molecule has 1 spiro atoms. The first-order valence-electron chi connectivity index (χ1n) is 8.30. The fourth-order valence-corrected chi connectivity index (χ4v) is 3.96. The van der Waals surface area contributed by atoms with Crippen LogP contribution < -0.4 is 0 Å². The second-order valence-corrected chi connectivity index (χ2v) is 8.52. The van der Waals surface area contributed by atoms with Gasteiger partial charge in [0, 0.05) is 12.1 Å². The number of amides is 1. The van der Waals surface area contributed by atoms with Crippen molar-refractivity contribution in [1.82, 2.24) is 19.9 Å². The third-order valence-electron chi connectivity index (χ3n) is 4.99. The van der Waals surface area contributed by atoms with Crippen molar-refractivity contribution in [2.24, 2.45) is 0 Å². The van der Waals surface area contributed by atoms with Gasteiger partial charge in [-0.05, 0) is 75.7 Å². The van der Waals surface area contributed by atoms with Gasteiger partial charge in [0.25, 0.3) is 0 Å². The van der Waals surface area contributed by atoms with Gasteiger partial charge in [0.15, 0.2) is 4.60 Å². The maximum absolute atomic E-state index is 12.6. The Hall–Kier alpha value is -1.11. The number of ether oxygens (including phenoxy) is 1. The molecule has 1 saturated heterocycles. The molecule has 0 aromatic carbocycles. The second kappa shape index (κ2) is 5.76. The second-order valence-electron chi connectivity index (χ2n) is 7.77. The number of likely N-dealkylation sites (tertiary alicyclic amines) is 1. The minimum Gasteiger partial charge on any atom is -0.444 e. The van der Waals surface area contributed by atoms with E-state index in [1.165, 1.54) is 6.42 Å². The highest BCUT2D eigenvalue weighted by Crippen LogP contribution is 2.48. The smallest absolute Gasteiger partial charge is 0.410 e. The molecule has 1 amide bonds. The zero-order valence-electron chi connectivity index (χ0n) is 14.3. The molecule has 2 aliphatic rings. The Kier molecular flexibility index (Phi) is 4.19. The Bertz CT molecular complexity index is 604. The van der Waals surface area contributed by atoms with E-state index in [1.807, 2.05) is 37.3 Å². The van der Waals surface area contributed by atoms with Crippen LogP contribution in [0.4, 0.5) is 4.79 Å². The number of halogens is 1. The van der Waals surface area contributed by atoms with Gasteiger partial charge in [-0.1, -0.05) is 5.21 Å². The molecule has 0 N–H and O–H groups in total. The minimum absolute atomic E-state index is 0.0594. The van der Waals surface area contributed by atoms with Crippen LogP contribution in [-0.4, -0.2) is 43.7 Å². The topological polar surface area (TPSA) is 60.2 Å². The first-order valence-corrected chi connectivity index (χ1v) is 9.09. The highest BCUT2D eigenvalue weighted by atomic mass is 79.9. The molecule has 128 valence electrons. The molecule has 1 aromatic heterocycles. The Morgan fingerprint density at radius 1 is 1.39 bits per heavy atom. The van der Waals surface area contributed by atoms with Gasteiger partial charge >= 0.3 is 6.09 Å². The molecule has 2 heterocycles. The highest BCUT2D eigenvalue weighted by Gasteiger charge is 2.50. The summed E-state index contributed by atoms with van der Waals surface area (Å²) in [6.07, 6.45) is 4.93. The summed E-state index contributed by atoms with van der Waals surface area (Å²) in [6, 6.07) is 0.299. The summed E-state index contributed by atoms with van der Waals surface area (Å²) in [6.45, 7) is 8.50. The lowest BCUT2D eigenvalue weighted by Gasteiger charge is -2.54. The van der Waals surface area contributed by atoms with E-state index >= 15 is 0 Å². The van der Waals surface area contributed by atoms with E-state index < -0.39 is 5.60 Å². The van der Waals surface area contributed by atoms with E-state index in [9.17, 15) is 4.79 Å². The summed E-state index contributed by atoms with van der Waals surface area (Å²) >= 11 is 3.43. The molecule has 1 aromatic rings. The molecular weight excluding hydrogens is 360 g/mol. The number of hydrogen-bond acceptors (Lipinski definition) is 4. The van der Waals surface area contributed by atoms with Crippen LogP contribution in [0.1, 0.15) is 64.6 Å². The molecule has 23 heavy (non-hydrogen) atoms. The molecule has 0 radical (unpaired) electrons. The lowest BCUT2D eigenvalue weighted by atomic mass is 9.69. The quantitative estimate of drug-likeness (QED) is 0.737. The van der Waals surface area contributed by atoms with E-state index in [4.69, 9.17) is 4.74 Å². The fraction of sp³-hybridized carbons (Fsp3) is 0.812. The summed E-state index contributed by atoms with van der Waals surface area (Å²) in [4.78, 5) is 14.6. The average molecular weight is 385 g/mol. The van der Waals surface area contributed by atoms with Crippen molar-refractivity contribution in [3.63, 3.8) is 0 Å². The van der Waals surface area contributed by atoms with Crippen LogP contribution in [0.3, 0.4) is 0 Å². The fourth-order valence-electron chi connectivity index (χ4n) is 3.70. The maximum atomic E-state index is 12.6.